The number of sulfonamides is 1. The molecule has 0 amide bonds. The number of benzene rings is 2. The highest BCUT2D eigenvalue weighted by atomic mass is 32.2. The molecular formula is C22H25NO5S. The number of Topliss-reactive ketones (excluding diaryl/α,β-unsaturated/α-hetero) is 1. The van der Waals surface area contributed by atoms with Gasteiger partial charge in [0.05, 0.1) is 17.1 Å². The molecule has 2 aromatic rings. The zero-order valence-electron chi connectivity index (χ0n) is 16.6. The van der Waals surface area contributed by atoms with Crippen molar-refractivity contribution in [3.8, 4) is 0 Å². The first-order valence-electron chi connectivity index (χ1n) is 9.69. The van der Waals surface area contributed by atoms with Crippen molar-refractivity contribution in [1.29, 1.82) is 0 Å². The Morgan fingerprint density at radius 2 is 1.83 bits per heavy atom. The summed E-state index contributed by atoms with van der Waals surface area (Å²) in [7, 11) is -2.60. The molecule has 29 heavy (non-hydrogen) atoms. The van der Waals surface area contributed by atoms with E-state index in [4.69, 9.17) is 4.74 Å². The molecule has 154 valence electrons. The van der Waals surface area contributed by atoms with Crippen LogP contribution in [0, 0.1) is 0 Å². The number of carbonyl (C=O) groups is 2. The van der Waals surface area contributed by atoms with Gasteiger partial charge in [-0.25, -0.2) is 13.2 Å². The van der Waals surface area contributed by atoms with Crippen LogP contribution in [0.1, 0.15) is 48.5 Å². The molecule has 0 aromatic heterocycles. The summed E-state index contributed by atoms with van der Waals surface area (Å²) in [6, 6.07) is 14.8. The predicted molar refractivity (Wildman–Crippen MR) is 109 cm³/mol. The monoisotopic (exact) mass is 415 g/mol. The minimum absolute atomic E-state index is 0.0424. The second kappa shape index (κ2) is 8.47. The SMILES string of the molecule is CCOC(=O)c1cccc(S(=O)(=O)N(C)[C@]2(c3ccccc3)CCCCC2=O)c1. The second-order valence-electron chi connectivity index (χ2n) is 7.08. The van der Waals surface area contributed by atoms with Crippen LogP contribution < -0.4 is 0 Å². The van der Waals surface area contributed by atoms with Crippen LogP contribution in [0.15, 0.2) is 59.5 Å². The van der Waals surface area contributed by atoms with Crippen molar-refractivity contribution >= 4 is 21.8 Å². The van der Waals surface area contributed by atoms with E-state index in [9.17, 15) is 18.0 Å². The first-order valence-corrected chi connectivity index (χ1v) is 11.1. The number of likely N-dealkylation sites (N-methyl/N-ethyl adjacent to an activating group) is 1. The maximum Gasteiger partial charge on any atom is 0.338 e. The largest absolute Gasteiger partial charge is 0.462 e. The third kappa shape index (κ3) is 3.84. The Kier molecular flexibility index (Phi) is 6.19. The molecule has 0 spiro atoms. The summed E-state index contributed by atoms with van der Waals surface area (Å²) >= 11 is 0. The number of rotatable bonds is 6. The molecule has 0 N–H and O–H groups in total. The van der Waals surface area contributed by atoms with Gasteiger partial charge < -0.3 is 4.74 Å². The predicted octanol–water partition coefficient (Wildman–Crippen LogP) is 3.52. The topological polar surface area (TPSA) is 80.8 Å². The van der Waals surface area contributed by atoms with Gasteiger partial charge in [0.1, 0.15) is 5.54 Å². The molecule has 1 saturated carbocycles. The van der Waals surface area contributed by atoms with E-state index in [0.717, 1.165) is 12.8 Å². The lowest BCUT2D eigenvalue weighted by atomic mass is 9.75. The smallest absolute Gasteiger partial charge is 0.338 e. The van der Waals surface area contributed by atoms with E-state index in [-0.39, 0.29) is 22.8 Å². The van der Waals surface area contributed by atoms with Gasteiger partial charge in [0.15, 0.2) is 5.78 Å². The first-order chi connectivity index (χ1) is 13.8. The number of ether oxygens (including phenoxy) is 1. The van der Waals surface area contributed by atoms with Gasteiger partial charge in [-0.15, -0.1) is 0 Å². The van der Waals surface area contributed by atoms with Crippen LogP contribution in [-0.2, 0) is 25.1 Å². The van der Waals surface area contributed by atoms with E-state index < -0.39 is 21.5 Å². The summed E-state index contributed by atoms with van der Waals surface area (Å²) < 4.78 is 33.2. The molecule has 7 heteroatoms. The number of hydrogen-bond donors (Lipinski definition) is 0. The molecule has 1 fully saturated rings. The molecule has 3 rings (SSSR count). The number of carbonyl (C=O) groups excluding carboxylic acids is 2. The molecule has 0 radical (unpaired) electrons. The lowest BCUT2D eigenvalue weighted by Gasteiger charge is -2.42. The van der Waals surface area contributed by atoms with Gasteiger partial charge in [0.25, 0.3) is 0 Å². The normalized spacial score (nSPS) is 19.9. The number of hydrogen-bond acceptors (Lipinski definition) is 5. The van der Waals surface area contributed by atoms with Crippen molar-refractivity contribution in [2.24, 2.45) is 0 Å². The molecule has 1 atom stereocenters. The van der Waals surface area contributed by atoms with Crippen LogP contribution in [0.25, 0.3) is 0 Å². The number of ketones is 1. The molecule has 2 aromatic carbocycles. The van der Waals surface area contributed by atoms with Crippen LogP contribution in [0.3, 0.4) is 0 Å². The summed E-state index contributed by atoms with van der Waals surface area (Å²) in [5.74, 6) is -0.693. The number of nitrogens with zero attached hydrogens (tertiary/aromatic N) is 1. The number of esters is 1. The highest BCUT2D eigenvalue weighted by molar-refractivity contribution is 7.89. The molecule has 0 bridgehead atoms. The molecule has 0 saturated heterocycles. The molecule has 6 nitrogen and oxygen atoms in total. The second-order valence-corrected chi connectivity index (χ2v) is 9.05. The van der Waals surface area contributed by atoms with E-state index in [1.807, 2.05) is 6.07 Å². The zero-order chi connectivity index (χ0) is 21.1. The van der Waals surface area contributed by atoms with Crippen LogP contribution in [0.2, 0.25) is 0 Å². The fourth-order valence-electron chi connectivity index (χ4n) is 3.91. The highest BCUT2D eigenvalue weighted by Gasteiger charge is 2.49. The minimum Gasteiger partial charge on any atom is -0.462 e. The fourth-order valence-corrected chi connectivity index (χ4v) is 5.46. The van der Waals surface area contributed by atoms with Gasteiger partial charge >= 0.3 is 5.97 Å². The minimum atomic E-state index is -4.04. The molecule has 1 aliphatic rings. The van der Waals surface area contributed by atoms with Gasteiger partial charge in [-0.3, -0.25) is 4.79 Å². The average Bonchev–Trinajstić information content (AvgIpc) is 2.74. The summed E-state index contributed by atoms with van der Waals surface area (Å²) in [6.07, 6.45) is 2.25. The molecule has 0 aliphatic heterocycles. The summed E-state index contributed by atoms with van der Waals surface area (Å²) in [4.78, 5) is 25.1. The Morgan fingerprint density at radius 1 is 1.10 bits per heavy atom. The lowest BCUT2D eigenvalue weighted by molar-refractivity contribution is -0.131. The van der Waals surface area contributed by atoms with Gasteiger partial charge in [-0.05, 0) is 43.5 Å². The maximum atomic E-state index is 13.5. The quantitative estimate of drug-likeness (QED) is 0.675. The Balaban J connectivity index is 2.08. The van der Waals surface area contributed by atoms with E-state index in [0.29, 0.717) is 18.4 Å². The van der Waals surface area contributed by atoms with Gasteiger partial charge in [-0.2, -0.15) is 4.31 Å². The first kappa shape index (κ1) is 21.2. The van der Waals surface area contributed by atoms with E-state index in [1.165, 1.54) is 35.6 Å². The summed E-state index contributed by atoms with van der Waals surface area (Å²) in [5.41, 5.74) is -0.430. The average molecular weight is 416 g/mol. The highest BCUT2D eigenvalue weighted by Crippen LogP contribution is 2.41. The summed E-state index contributed by atoms with van der Waals surface area (Å²) in [5, 5.41) is 0. The van der Waals surface area contributed by atoms with Crippen LogP contribution >= 0.6 is 0 Å². The Labute approximate surface area is 171 Å². The fraction of sp³-hybridized carbons (Fsp3) is 0.364. The van der Waals surface area contributed by atoms with Gasteiger partial charge in [-0.1, -0.05) is 42.8 Å². The Bertz CT molecular complexity index is 1000. The molecular weight excluding hydrogens is 390 g/mol. The zero-order valence-corrected chi connectivity index (χ0v) is 17.4. The van der Waals surface area contributed by atoms with Crippen molar-refractivity contribution in [3.05, 3.63) is 65.7 Å². The van der Waals surface area contributed by atoms with Crippen molar-refractivity contribution in [2.75, 3.05) is 13.7 Å². The van der Waals surface area contributed by atoms with E-state index in [1.54, 1.807) is 31.2 Å². The Hall–Kier alpha value is -2.51. The van der Waals surface area contributed by atoms with Crippen molar-refractivity contribution in [3.63, 3.8) is 0 Å². The van der Waals surface area contributed by atoms with Crippen LogP contribution in [-0.4, -0.2) is 38.1 Å². The van der Waals surface area contributed by atoms with Crippen LogP contribution in [0.5, 0.6) is 0 Å². The van der Waals surface area contributed by atoms with Gasteiger partial charge in [0, 0.05) is 13.5 Å². The van der Waals surface area contributed by atoms with Gasteiger partial charge in [0.2, 0.25) is 10.0 Å². The van der Waals surface area contributed by atoms with Crippen molar-refractivity contribution < 1.29 is 22.7 Å². The lowest BCUT2D eigenvalue weighted by Crippen LogP contribution is -2.54. The standard InChI is InChI=1S/C22H25NO5S/c1-3-28-21(25)17-10-9-13-19(16-17)29(26,27)23(2)22(15-8-7-14-20(22)24)18-11-5-4-6-12-18/h4-6,9-13,16H,3,7-8,14-15H2,1-2H3/t22-/m0/s1. The van der Waals surface area contributed by atoms with E-state index >= 15 is 0 Å². The van der Waals surface area contributed by atoms with Crippen LogP contribution in [0.4, 0.5) is 0 Å². The van der Waals surface area contributed by atoms with Crippen molar-refractivity contribution in [2.45, 2.75) is 43.0 Å². The maximum absolute atomic E-state index is 13.5. The molecule has 0 unspecified atom stereocenters. The Morgan fingerprint density at radius 3 is 2.48 bits per heavy atom. The molecule has 0 heterocycles. The van der Waals surface area contributed by atoms with Crippen molar-refractivity contribution in [1.82, 2.24) is 4.31 Å². The summed E-state index contributed by atoms with van der Waals surface area (Å²) in [6.45, 7) is 1.88. The molecule has 1 aliphatic carbocycles. The third-order valence-corrected chi connectivity index (χ3v) is 7.33. The third-order valence-electron chi connectivity index (χ3n) is 5.45. The van der Waals surface area contributed by atoms with E-state index in [2.05, 4.69) is 0 Å².